The van der Waals surface area contributed by atoms with Gasteiger partial charge in [0.2, 0.25) is 0 Å². The van der Waals surface area contributed by atoms with Gasteiger partial charge in [0.1, 0.15) is 11.8 Å². The zero-order valence-corrected chi connectivity index (χ0v) is 17.5. The van der Waals surface area contributed by atoms with Crippen LogP contribution in [0.2, 0.25) is 0 Å². The predicted molar refractivity (Wildman–Crippen MR) is 118 cm³/mol. The molecule has 8 heteroatoms. The molecule has 0 spiro atoms. The Labute approximate surface area is 180 Å². The topological polar surface area (TPSA) is 108 Å². The van der Waals surface area contributed by atoms with E-state index in [2.05, 4.69) is 22.4 Å². The van der Waals surface area contributed by atoms with Gasteiger partial charge in [-0.1, -0.05) is 30.3 Å². The number of anilines is 2. The number of aromatic nitrogens is 2. The van der Waals surface area contributed by atoms with Gasteiger partial charge in [0.05, 0.1) is 24.7 Å². The van der Waals surface area contributed by atoms with Crippen LogP contribution in [0.1, 0.15) is 35.3 Å². The number of pyridine rings is 1. The highest BCUT2D eigenvalue weighted by Crippen LogP contribution is 2.33. The van der Waals surface area contributed by atoms with E-state index in [1.165, 1.54) is 12.7 Å². The Balaban J connectivity index is 1.71. The summed E-state index contributed by atoms with van der Waals surface area (Å²) < 4.78 is 12.3. The highest BCUT2D eigenvalue weighted by molar-refractivity contribution is 6.11. The third-order valence-corrected chi connectivity index (χ3v) is 5.46. The van der Waals surface area contributed by atoms with Crippen molar-refractivity contribution >= 4 is 34.3 Å². The van der Waals surface area contributed by atoms with Crippen molar-refractivity contribution < 1.29 is 19.1 Å². The van der Waals surface area contributed by atoms with E-state index in [1.807, 2.05) is 18.2 Å². The molecule has 1 aromatic carbocycles. The average molecular weight is 422 g/mol. The van der Waals surface area contributed by atoms with Gasteiger partial charge < -0.3 is 25.1 Å². The molecule has 0 bridgehead atoms. The smallest absolute Gasteiger partial charge is 0.356 e. The highest BCUT2D eigenvalue weighted by atomic mass is 16.5. The minimum atomic E-state index is -0.543. The van der Waals surface area contributed by atoms with Gasteiger partial charge in [0.25, 0.3) is 5.91 Å². The second kappa shape index (κ2) is 9.18. The number of aryl methyl sites for hydroxylation is 2. The first kappa shape index (κ1) is 20.9. The number of nitrogens with zero attached hydrogens (tertiary/aromatic N) is 2. The Hall–Kier alpha value is -3.39. The van der Waals surface area contributed by atoms with Crippen molar-refractivity contribution in [2.45, 2.75) is 38.3 Å². The number of rotatable bonds is 7. The number of nitrogen functional groups attached to an aromatic ring is 1. The largest absolute Gasteiger partial charge is 0.464 e. The molecule has 1 aliphatic rings. The second-order valence-electron chi connectivity index (χ2n) is 7.59. The summed E-state index contributed by atoms with van der Waals surface area (Å²) in [5.41, 5.74) is 8.81. The number of hydrogen-bond donors (Lipinski definition) is 2. The summed E-state index contributed by atoms with van der Waals surface area (Å²) in [6.45, 7) is 1.08. The van der Waals surface area contributed by atoms with Crippen molar-refractivity contribution in [3.8, 4) is 0 Å². The molecule has 0 radical (unpaired) electrons. The first-order valence-corrected chi connectivity index (χ1v) is 10.4. The number of nitrogens with two attached hydrogens (primary N) is 1. The fourth-order valence-electron chi connectivity index (χ4n) is 3.97. The van der Waals surface area contributed by atoms with E-state index in [4.69, 9.17) is 15.2 Å². The van der Waals surface area contributed by atoms with Crippen molar-refractivity contribution in [3.05, 3.63) is 53.9 Å². The molecule has 1 amide bonds. The molecule has 3 heterocycles. The summed E-state index contributed by atoms with van der Waals surface area (Å²) in [4.78, 5) is 30.0. The van der Waals surface area contributed by atoms with Gasteiger partial charge in [0, 0.05) is 18.5 Å². The van der Waals surface area contributed by atoms with Gasteiger partial charge in [-0.15, -0.1) is 0 Å². The molecule has 162 valence electrons. The van der Waals surface area contributed by atoms with Crippen LogP contribution in [0.15, 0.2) is 42.6 Å². The number of ether oxygens (including phenoxy) is 2. The molecular formula is C23H26N4O4. The first-order valence-electron chi connectivity index (χ1n) is 10.4. The maximum absolute atomic E-state index is 12.8. The fraction of sp³-hybridized carbons (Fsp3) is 0.348. The maximum atomic E-state index is 12.8. The van der Waals surface area contributed by atoms with Crippen LogP contribution < -0.4 is 11.1 Å². The SMILES string of the molecule is COC(=O)c1c(NC(=O)C2CCCO2)c2cc(N)cnc2n1CCCc1ccccc1. The molecule has 3 aromatic rings. The van der Waals surface area contributed by atoms with Gasteiger partial charge in [-0.2, -0.15) is 0 Å². The van der Waals surface area contributed by atoms with Crippen LogP contribution >= 0.6 is 0 Å². The number of esters is 1. The number of nitrogens with one attached hydrogen (secondary N) is 1. The van der Waals surface area contributed by atoms with Crippen molar-refractivity contribution in [3.63, 3.8) is 0 Å². The minimum Gasteiger partial charge on any atom is -0.464 e. The van der Waals surface area contributed by atoms with Crippen LogP contribution in [-0.4, -0.2) is 41.2 Å². The summed E-state index contributed by atoms with van der Waals surface area (Å²) in [6.07, 6.45) is 4.11. The average Bonchev–Trinajstić information content (AvgIpc) is 3.42. The first-order chi connectivity index (χ1) is 15.1. The number of carbonyl (C=O) groups excluding carboxylic acids is 2. The van der Waals surface area contributed by atoms with E-state index in [0.717, 1.165) is 19.3 Å². The molecule has 1 fully saturated rings. The molecular weight excluding hydrogens is 396 g/mol. The van der Waals surface area contributed by atoms with E-state index in [0.29, 0.717) is 42.0 Å². The lowest BCUT2D eigenvalue weighted by atomic mass is 10.1. The third-order valence-electron chi connectivity index (χ3n) is 5.46. The van der Waals surface area contributed by atoms with Gasteiger partial charge in [-0.05, 0) is 37.3 Å². The molecule has 3 N–H and O–H groups in total. The van der Waals surface area contributed by atoms with E-state index in [1.54, 1.807) is 16.8 Å². The monoisotopic (exact) mass is 422 g/mol. The van der Waals surface area contributed by atoms with Crippen LogP contribution in [0, 0.1) is 0 Å². The van der Waals surface area contributed by atoms with Crippen molar-refractivity contribution in [2.24, 2.45) is 0 Å². The summed E-state index contributed by atoms with van der Waals surface area (Å²) in [7, 11) is 1.32. The molecule has 31 heavy (non-hydrogen) atoms. The van der Waals surface area contributed by atoms with Crippen molar-refractivity contribution in [2.75, 3.05) is 24.8 Å². The second-order valence-corrected chi connectivity index (χ2v) is 7.59. The lowest BCUT2D eigenvalue weighted by molar-refractivity contribution is -0.124. The predicted octanol–water partition coefficient (Wildman–Crippen LogP) is 3.16. The number of hydrogen-bond acceptors (Lipinski definition) is 6. The quantitative estimate of drug-likeness (QED) is 0.566. The number of benzene rings is 1. The van der Waals surface area contributed by atoms with Crippen LogP contribution in [-0.2, 0) is 27.2 Å². The van der Waals surface area contributed by atoms with Gasteiger partial charge >= 0.3 is 5.97 Å². The van der Waals surface area contributed by atoms with Gasteiger partial charge in [-0.3, -0.25) is 4.79 Å². The molecule has 4 rings (SSSR count). The van der Waals surface area contributed by atoms with Crippen LogP contribution in [0.3, 0.4) is 0 Å². The van der Waals surface area contributed by atoms with E-state index in [9.17, 15) is 9.59 Å². The Morgan fingerprint density at radius 3 is 2.84 bits per heavy atom. The summed E-state index contributed by atoms with van der Waals surface area (Å²) in [5, 5.41) is 3.49. The van der Waals surface area contributed by atoms with Crippen molar-refractivity contribution in [1.82, 2.24) is 9.55 Å². The number of methoxy groups -OCH3 is 1. The molecule has 1 atom stereocenters. The summed E-state index contributed by atoms with van der Waals surface area (Å²) >= 11 is 0. The standard InChI is InChI=1S/C23H26N4O4/c1-30-23(29)20-19(26-22(28)18-10-6-12-31-18)17-13-16(24)14-25-21(17)27(20)11-5-9-15-7-3-2-4-8-15/h2-4,7-8,13-14,18H,5-6,9-12,24H2,1H3,(H,26,28). The molecule has 0 saturated carbocycles. The van der Waals surface area contributed by atoms with E-state index >= 15 is 0 Å². The molecule has 8 nitrogen and oxygen atoms in total. The lowest BCUT2D eigenvalue weighted by Crippen LogP contribution is -2.28. The Bertz CT molecular complexity index is 1090. The highest BCUT2D eigenvalue weighted by Gasteiger charge is 2.29. The summed E-state index contributed by atoms with van der Waals surface area (Å²) in [6, 6.07) is 11.8. The van der Waals surface area contributed by atoms with Gasteiger partial charge in [0.15, 0.2) is 5.69 Å². The van der Waals surface area contributed by atoms with Gasteiger partial charge in [-0.25, -0.2) is 9.78 Å². The third kappa shape index (κ3) is 4.39. The normalized spacial score (nSPS) is 15.8. The van der Waals surface area contributed by atoms with Crippen LogP contribution in [0.4, 0.5) is 11.4 Å². The van der Waals surface area contributed by atoms with Crippen LogP contribution in [0.25, 0.3) is 11.0 Å². The number of carbonyl (C=O) groups is 2. The molecule has 1 unspecified atom stereocenters. The zero-order valence-electron chi connectivity index (χ0n) is 17.5. The van der Waals surface area contributed by atoms with Crippen molar-refractivity contribution in [1.29, 1.82) is 0 Å². The lowest BCUT2D eigenvalue weighted by Gasteiger charge is -2.13. The number of amides is 1. The minimum absolute atomic E-state index is 0.259. The summed E-state index contributed by atoms with van der Waals surface area (Å²) in [5.74, 6) is -0.827. The number of fused-ring (bicyclic) bond motifs is 1. The Kier molecular flexibility index (Phi) is 6.18. The molecule has 1 saturated heterocycles. The maximum Gasteiger partial charge on any atom is 0.356 e. The molecule has 2 aromatic heterocycles. The Morgan fingerprint density at radius 2 is 2.13 bits per heavy atom. The zero-order chi connectivity index (χ0) is 21.8. The molecule has 0 aliphatic carbocycles. The van der Waals surface area contributed by atoms with E-state index in [-0.39, 0.29) is 11.6 Å². The fourth-order valence-corrected chi connectivity index (χ4v) is 3.97. The Morgan fingerprint density at radius 1 is 1.32 bits per heavy atom. The molecule has 1 aliphatic heterocycles. The van der Waals surface area contributed by atoms with Crippen LogP contribution in [0.5, 0.6) is 0 Å². The van der Waals surface area contributed by atoms with E-state index < -0.39 is 12.1 Å².